The highest BCUT2D eigenvalue weighted by Gasteiger charge is 2.19. The second-order valence-corrected chi connectivity index (χ2v) is 4.70. The summed E-state index contributed by atoms with van der Waals surface area (Å²) in [6, 6.07) is 0.463. The van der Waals surface area contributed by atoms with Crippen molar-refractivity contribution in [2.45, 2.75) is 32.2 Å². The van der Waals surface area contributed by atoms with E-state index in [1.54, 1.807) is 0 Å². The van der Waals surface area contributed by atoms with Crippen LogP contribution in [0.2, 0.25) is 0 Å². The van der Waals surface area contributed by atoms with E-state index in [-0.39, 0.29) is 0 Å². The van der Waals surface area contributed by atoms with Crippen molar-refractivity contribution >= 4 is 22.0 Å². The van der Waals surface area contributed by atoms with Gasteiger partial charge in [-0.05, 0) is 25.0 Å². The Balaban J connectivity index is 2.21. The molecule has 0 radical (unpaired) electrons. The smallest absolute Gasteiger partial charge is 0.180 e. The number of aromatic nitrogens is 1. The molecule has 4 heteroatoms. The molecular formula is C11H17N3S. The Labute approximate surface area is 94.4 Å². The third kappa shape index (κ3) is 2.38. The highest BCUT2D eigenvalue weighted by atomic mass is 32.1. The molecule has 2 heterocycles. The average molecular weight is 223 g/mol. The minimum Gasteiger partial charge on any atom is -0.375 e. The summed E-state index contributed by atoms with van der Waals surface area (Å²) in [5.41, 5.74) is 8.05. The molecule has 1 aromatic heterocycles. The van der Waals surface area contributed by atoms with Crippen molar-refractivity contribution in [3.05, 3.63) is 17.2 Å². The van der Waals surface area contributed by atoms with Crippen LogP contribution in [0.5, 0.6) is 0 Å². The van der Waals surface area contributed by atoms with Gasteiger partial charge < -0.3 is 11.1 Å². The van der Waals surface area contributed by atoms with Gasteiger partial charge in [0.2, 0.25) is 0 Å². The maximum Gasteiger partial charge on any atom is 0.180 e. The van der Waals surface area contributed by atoms with Crippen molar-refractivity contribution < 1.29 is 0 Å². The van der Waals surface area contributed by atoms with Crippen molar-refractivity contribution in [1.29, 1.82) is 0 Å². The second kappa shape index (κ2) is 4.77. The maximum atomic E-state index is 5.66. The van der Waals surface area contributed by atoms with Crippen molar-refractivity contribution in [3.8, 4) is 0 Å². The number of anilines is 1. The molecule has 1 aromatic rings. The lowest BCUT2D eigenvalue weighted by atomic mass is 9.96. The molecule has 1 aliphatic rings. The van der Waals surface area contributed by atoms with Gasteiger partial charge in [-0.1, -0.05) is 19.4 Å². The zero-order chi connectivity index (χ0) is 10.7. The predicted molar refractivity (Wildman–Crippen MR) is 65.8 cm³/mol. The van der Waals surface area contributed by atoms with Crippen LogP contribution in [0.4, 0.5) is 5.13 Å². The van der Waals surface area contributed by atoms with E-state index in [1.807, 2.05) is 0 Å². The van der Waals surface area contributed by atoms with Crippen LogP contribution in [-0.2, 0) is 0 Å². The number of nitrogens with one attached hydrogen (secondary N) is 1. The van der Waals surface area contributed by atoms with Gasteiger partial charge in [0.1, 0.15) is 0 Å². The molecule has 1 atom stereocenters. The summed E-state index contributed by atoms with van der Waals surface area (Å²) in [6.45, 7) is 3.29. The molecule has 0 spiro atoms. The lowest BCUT2D eigenvalue weighted by Gasteiger charge is -2.24. The van der Waals surface area contributed by atoms with Crippen molar-refractivity contribution in [1.82, 2.24) is 10.3 Å². The number of thiazole rings is 1. The van der Waals surface area contributed by atoms with Gasteiger partial charge in [-0.3, -0.25) is 0 Å². The first kappa shape index (κ1) is 10.6. The van der Waals surface area contributed by atoms with E-state index < -0.39 is 0 Å². The fourth-order valence-corrected chi connectivity index (χ4v) is 2.56. The summed E-state index contributed by atoms with van der Waals surface area (Å²) < 4.78 is 0. The fraction of sp³-hybridized carbons (Fsp3) is 0.545. The Bertz CT molecular complexity index is 356. The molecule has 0 bridgehead atoms. The quantitative estimate of drug-likeness (QED) is 0.826. The van der Waals surface area contributed by atoms with Crippen molar-refractivity contribution in [2.75, 3.05) is 12.3 Å². The molecule has 2 rings (SSSR count). The molecule has 0 aromatic carbocycles. The molecule has 0 amide bonds. The predicted octanol–water partition coefficient (Wildman–Crippen LogP) is 2.27. The minimum atomic E-state index is 0.463. The Morgan fingerprint density at radius 2 is 2.53 bits per heavy atom. The summed E-state index contributed by atoms with van der Waals surface area (Å²) in [5, 5.41) is 6.24. The van der Waals surface area contributed by atoms with Gasteiger partial charge in [0.05, 0.1) is 5.69 Å². The number of hydrogen-bond acceptors (Lipinski definition) is 4. The standard InChI is InChI=1S/C11H17N3S/c1-2-4-9-8(5-3-6-13-9)10-7-15-11(12)14-10/h5,7,9,13H,2-4,6H2,1H3,(H2,12,14). The second-order valence-electron chi connectivity index (χ2n) is 3.81. The van der Waals surface area contributed by atoms with Gasteiger partial charge in [0, 0.05) is 11.4 Å². The van der Waals surface area contributed by atoms with E-state index in [0.29, 0.717) is 11.2 Å². The van der Waals surface area contributed by atoms with E-state index >= 15 is 0 Å². The van der Waals surface area contributed by atoms with E-state index in [1.165, 1.54) is 29.8 Å². The molecule has 82 valence electrons. The van der Waals surface area contributed by atoms with Gasteiger partial charge in [-0.15, -0.1) is 11.3 Å². The van der Waals surface area contributed by atoms with Crippen molar-refractivity contribution in [2.24, 2.45) is 0 Å². The Kier molecular flexibility index (Phi) is 3.38. The van der Waals surface area contributed by atoms with Gasteiger partial charge in [0.25, 0.3) is 0 Å². The Hall–Kier alpha value is -0.870. The zero-order valence-electron chi connectivity index (χ0n) is 8.99. The summed E-state index contributed by atoms with van der Waals surface area (Å²) >= 11 is 1.52. The Morgan fingerprint density at radius 3 is 3.20 bits per heavy atom. The van der Waals surface area contributed by atoms with Crippen LogP contribution in [0.15, 0.2) is 11.5 Å². The van der Waals surface area contributed by atoms with E-state index in [9.17, 15) is 0 Å². The number of nitrogens with two attached hydrogens (primary N) is 1. The molecule has 1 unspecified atom stereocenters. The van der Waals surface area contributed by atoms with E-state index in [4.69, 9.17) is 5.73 Å². The topological polar surface area (TPSA) is 50.9 Å². The van der Waals surface area contributed by atoms with Crippen LogP contribution in [0.1, 0.15) is 31.9 Å². The Morgan fingerprint density at radius 1 is 1.67 bits per heavy atom. The maximum absolute atomic E-state index is 5.66. The monoisotopic (exact) mass is 223 g/mol. The van der Waals surface area contributed by atoms with Crippen LogP contribution in [-0.4, -0.2) is 17.6 Å². The third-order valence-corrected chi connectivity index (χ3v) is 3.34. The molecule has 3 nitrogen and oxygen atoms in total. The van der Waals surface area contributed by atoms with Crippen molar-refractivity contribution in [3.63, 3.8) is 0 Å². The molecular weight excluding hydrogens is 206 g/mol. The number of nitrogen functional groups attached to an aromatic ring is 1. The van der Waals surface area contributed by atoms with Crippen LogP contribution >= 0.6 is 11.3 Å². The van der Waals surface area contributed by atoms with Gasteiger partial charge in [0.15, 0.2) is 5.13 Å². The average Bonchev–Trinajstić information content (AvgIpc) is 2.66. The first-order valence-electron chi connectivity index (χ1n) is 5.46. The molecule has 1 aliphatic heterocycles. The minimum absolute atomic E-state index is 0.463. The van der Waals surface area contributed by atoms with Crippen LogP contribution in [0, 0.1) is 0 Å². The normalized spacial score (nSPS) is 21.4. The van der Waals surface area contributed by atoms with E-state index in [2.05, 4.69) is 28.7 Å². The number of nitrogens with zero attached hydrogens (tertiary/aromatic N) is 1. The summed E-state index contributed by atoms with van der Waals surface area (Å²) in [5.74, 6) is 0. The van der Waals surface area contributed by atoms with Gasteiger partial charge in [-0.2, -0.15) is 0 Å². The SMILES string of the molecule is CCCC1NCCC=C1c1csc(N)n1. The lowest BCUT2D eigenvalue weighted by molar-refractivity contribution is 0.549. The fourth-order valence-electron chi connectivity index (χ4n) is 1.99. The number of hydrogen-bond donors (Lipinski definition) is 2. The first-order valence-corrected chi connectivity index (χ1v) is 6.34. The lowest BCUT2D eigenvalue weighted by Crippen LogP contribution is -2.34. The van der Waals surface area contributed by atoms with Crippen LogP contribution in [0.25, 0.3) is 5.57 Å². The number of rotatable bonds is 3. The zero-order valence-corrected chi connectivity index (χ0v) is 9.81. The van der Waals surface area contributed by atoms with Gasteiger partial charge >= 0.3 is 0 Å². The first-order chi connectivity index (χ1) is 7.31. The third-order valence-electron chi connectivity index (χ3n) is 2.67. The molecule has 0 saturated heterocycles. The molecule has 15 heavy (non-hydrogen) atoms. The largest absolute Gasteiger partial charge is 0.375 e. The molecule has 0 aliphatic carbocycles. The summed E-state index contributed by atoms with van der Waals surface area (Å²) in [6.07, 6.45) is 5.75. The van der Waals surface area contributed by atoms with Crippen LogP contribution in [0.3, 0.4) is 0 Å². The van der Waals surface area contributed by atoms with E-state index in [0.717, 1.165) is 18.7 Å². The highest BCUT2D eigenvalue weighted by Crippen LogP contribution is 2.26. The molecule has 0 saturated carbocycles. The summed E-state index contributed by atoms with van der Waals surface area (Å²) in [7, 11) is 0. The highest BCUT2D eigenvalue weighted by molar-refractivity contribution is 7.13. The summed E-state index contributed by atoms with van der Waals surface area (Å²) in [4.78, 5) is 4.35. The molecule has 3 N–H and O–H groups in total. The van der Waals surface area contributed by atoms with Crippen LogP contribution < -0.4 is 11.1 Å². The molecule has 0 fully saturated rings. The van der Waals surface area contributed by atoms with Gasteiger partial charge in [-0.25, -0.2) is 4.98 Å².